The van der Waals surface area contributed by atoms with Crippen molar-refractivity contribution in [2.45, 2.75) is 98.2 Å². The minimum absolute atomic E-state index is 0.152. The molecule has 3 atom stereocenters. The normalized spacial score (nSPS) is 14.4. The first kappa shape index (κ1) is 29.8. The number of aromatic nitrogens is 4. The molecular formula is C23H40N7O5P. The molecule has 12 nitrogen and oxygen atoms in total. The fourth-order valence-corrected chi connectivity index (χ4v) is 5.29. The van der Waals surface area contributed by atoms with Crippen LogP contribution >= 0.6 is 8.22 Å². The third-order valence-corrected chi connectivity index (χ3v) is 6.72. The van der Waals surface area contributed by atoms with E-state index in [1.54, 1.807) is 6.33 Å². The average Bonchev–Trinajstić information content (AvgIpc) is 3.14. The summed E-state index contributed by atoms with van der Waals surface area (Å²) in [7, 11) is -1.09. The zero-order valence-electron chi connectivity index (χ0n) is 22.2. The van der Waals surface area contributed by atoms with E-state index in [0.29, 0.717) is 29.9 Å². The van der Waals surface area contributed by atoms with Gasteiger partial charge in [0, 0.05) is 12.1 Å². The molecule has 0 unspecified atom stereocenters. The maximum Gasteiger partial charge on any atom is 0.307 e. The molecule has 0 aliphatic carbocycles. The molecule has 2 rings (SSSR count). The van der Waals surface area contributed by atoms with Crippen molar-refractivity contribution in [3.05, 3.63) is 12.7 Å². The van der Waals surface area contributed by atoms with Crippen LogP contribution in [0.1, 0.15) is 61.3 Å². The lowest BCUT2D eigenvalue weighted by molar-refractivity contribution is -0.148. The molecule has 0 amide bonds. The highest BCUT2D eigenvalue weighted by molar-refractivity contribution is 7.53. The molecular weight excluding hydrogens is 485 g/mol. The molecule has 0 saturated carbocycles. The Bertz CT molecular complexity index is 955. The first-order chi connectivity index (χ1) is 16.9. The molecule has 0 aliphatic heterocycles. The van der Waals surface area contributed by atoms with Crippen LogP contribution in [-0.2, 0) is 30.3 Å². The van der Waals surface area contributed by atoms with Gasteiger partial charge in [0.25, 0.3) is 0 Å². The molecule has 0 bridgehead atoms. The molecule has 4 N–H and O–H groups in total. The summed E-state index contributed by atoms with van der Waals surface area (Å²) in [4.78, 5) is 36.7. The van der Waals surface area contributed by atoms with Gasteiger partial charge >= 0.3 is 11.9 Å². The zero-order chi connectivity index (χ0) is 26.8. The second-order valence-corrected chi connectivity index (χ2v) is 11.0. The SMILES string of the molecule is CC(C)OC(=O)C[C@H](C)NP(CO[C@H](C)Cn1cnc2c(N)ncnc21)N[C@@H](C)CC(=O)OC(C)C. The number of fused-ring (bicyclic) bond motifs is 1. The summed E-state index contributed by atoms with van der Waals surface area (Å²) in [6.07, 6.45) is 3.37. The van der Waals surface area contributed by atoms with Crippen molar-refractivity contribution in [3.63, 3.8) is 0 Å². The molecule has 2 aromatic rings. The second-order valence-electron chi connectivity index (χ2n) is 9.41. The number of rotatable bonds is 15. The number of nitrogen functional groups attached to an aromatic ring is 1. The van der Waals surface area contributed by atoms with Crippen molar-refractivity contribution in [1.29, 1.82) is 0 Å². The Morgan fingerprint density at radius 1 is 0.944 bits per heavy atom. The van der Waals surface area contributed by atoms with Crippen LogP contribution in [0.5, 0.6) is 0 Å². The first-order valence-electron chi connectivity index (χ1n) is 12.2. The minimum atomic E-state index is -1.09. The van der Waals surface area contributed by atoms with Crippen molar-refractivity contribution >= 4 is 37.1 Å². The fraction of sp³-hybridized carbons (Fsp3) is 0.696. The predicted molar refractivity (Wildman–Crippen MR) is 139 cm³/mol. The summed E-state index contributed by atoms with van der Waals surface area (Å²) in [5, 5.41) is 6.87. The van der Waals surface area contributed by atoms with E-state index in [1.165, 1.54) is 6.33 Å². The summed E-state index contributed by atoms with van der Waals surface area (Å²) in [5.41, 5.74) is 7.07. The number of nitrogens with zero attached hydrogens (tertiary/aromatic N) is 4. The van der Waals surface area contributed by atoms with E-state index in [2.05, 4.69) is 25.1 Å². The Balaban J connectivity index is 1.98. The van der Waals surface area contributed by atoms with Crippen LogP contribution in [-0.4, -0.2) is 68.2 Å². The molecule has 2 heterocycles. The van der Waals surface area contributed by atoms with Crippen molar-refractivity contribution in [1.82, 2.24) is 29.7 Å². The molecule has 0 radical (unpaired) electrons. The largest absolute Gasteiger partial charge is 0.463 e. The van der Waals surface area contributed by atoms with Crippen LogP contribution in [0.15, 0.2) is 12.7 Å². The number of nitrogens with one attached hydrogen (secondary N) is 2. The predicted octanol–water partition coefficient (Wildman–Crippen LogP) is 2.72. The quantitative estimate of drug-likeness (QED) is 0.232. The van der Waals surface area contributed by atoms with Gasteiger partial charge < -0.3 is 24.5 Å². The Hall–Kier alpha value is -2.40. The van der Waals surface area contributed by atoms with Crippen LogP contribution in [0.4, 0.5) is 5.82 Å². The van der Waals surface area contributed by atoms with Crippen LogP contribution in [0, 0.1) is 0 Å². The van der Waals surface area contributed by atoms with Gasteiger partial charge in [-0.25, -0.2) is 15.0 Å². The highest BCUT2D eigenvalue weighted by Crippen LogP contribution is 2.29. The number of hydrogen-bond acceptors (Lipinski definition) is 11. The van der Waals surface area contributed by atoms with Crippen molar-refractivity contribution < 1.29 is 23.8 Å². The van der Waals surface area contributed by atoms with E-state index in [9.17, 15) is 9.59 Å². The second kappa shape index (κ2) is 14.4. The molecule has 0 fully saturated rings. The summed E-state index contributed by atoms with van der Waals surface area (Å²) in [6, 6.07) is -0.304. The number of carbonyl (C=O) groups is 2. The van der Waals surface area contributed by atoms with Crippen LogP contribution in [0.25, 0.3) is 11.2 Å². The number of hydrogen-bond donors (Lipinski definition) is 3. The summed E-state index contributed by atoms with van der Waals surface area (Å²) in [6.45, 7) is 13.6. The van der Waals surface area contributed by atoms with E-state index in [0.717, 1.165) is 0 Å². The van der Waals surface area contributed by atoms with Gasteiger partial charge in [0.05, 0.1) is 58.6 Å². The van der Waals surface area contributed by atoms with E-state index in [4.69, 9.17) is 19.9 Å². The molecule has 36 heavy (non-hydrogen) atoms. The van der Waals surface area contributed by atoms with Gasteiger partial charge in [-0.05, 0) is 48.5 Å². The maximum absolute atomic E-state index is 12.1. The number of carbonyl (C=O) groups excluding carboxylic acids is 2. The summed E-state index contributed by atoms with van der Waals surface area (Å²) >= 11 is 0. The number of imidazole rings is 1. The highest BCUT2D eigenvalue weighted by atomic mass is 31.1. The lowest BCUT2D eigenvalue weighted by atomic mass is 10.2. The van der Waals surface area contributed by atoms with Gasteiger partial charge in [-0.2, -0.15) is 0 Å². The lowest BCUT2D eigenvalue weighted by Crippen LogP contribution is -2.36. The Kier molecular flexibility index (Phi) is 11.9. The van der Waals surface area contributed by atoms with Crippen molar-refractivity contribution in [3.8, 4) is 0 Å². The van der Waals surface area contributed by atoms with E-state index >= 15 is 0 Å². The van der Waals surface area contributed by atoms with Crippen molar-refractivity contribution in [2.75, 3.05) is 12.1 Å². The van der Waals surface area contributed by atoms with Gasteiger partial charge in [-0.1, -0.05) is 0 Å². The van der Waals surface area contributed by atoms with Crippen LogP contribution in [0.2, 0.25) is 0 Å². The number of nitrogens with two attached hydrogens (primary N) is 1. The standard InChI is InChI=1S/C23H40N7O5P/c1-14(2)34-19(31)8-16(5)28-36(29-17(6)9-20(32)35-15(3)4)13-33-18(7)10-30-12-27-21-22(24)25-11-26-23(21)30/h11-12,14-18,28-29H,8-10,13H2,1-7H3,(H2,24,25,26)/t16-,17-,18+/m0/s1. The average molecular weight is 526 g/mol. The summed E-state index contributed by atoms with van der Waals surface area (Å²) < 4.78 is 18.5. The van der Waals surface area contributed by atoms with E-state index in [-0.39, 0.29) is 55.2 Å². The van der Waals surface area contributed by atoms with E-state index < -0.39 is 8.22 Å². The molecule has 202 valence electrons. The monoisotopic (exact) mass is 525 g/mol. The van der Waals surface area contributed by atoms with Gasteiger partial charge in [0.1, 0.15) is 11.8 Å². The van der Waals surface area contributed by atoms with E-state index in [1.807, 2.05) is 53.0 Å². The molecule has 0 spiro atoms. The van der Waals surface area contributed by atoms with Crippen molar-refractivity contribution in [2.24, 2.45) is 0 Å². The van der Waals surface area contributed by atoms with Gasteiger partial charge in [0.15, 0.2) is 11.5 Å². The molecule has 2 aromatic heterocycles. The number of ether oxygens (including phenoxy) is 3. The molecule has 0 aliphatic rings. The Morgan fingerprint density at radius 2 is 1.50 bits per heavy atom. The molecule has 0 saturated heterocycles. The topological polar surface area (TPSA) is 156 Å². The number of anilines is 1. The van der Waals surface area contributed by atoms with Gasteiger partial charge in [-0.15, -0.1) is 0 Å². The smallest absolute Gasteiger partial charge is 0.307 e. The summed E-state index contributed by atoms with van der Waals surface area (Å²) in [5.74, 6) is -0.203. The van der Waals surface area contributed by atoms with Crippen LogP contribution in [0.3, 0.4) is 0 Å². The number of esters is 2. The Labute approximate surface area is 213 Å². The van der Waals surface area contributed by atoms with Gasteiger partial charge in [-0.3, -0.25) is 19.8 Å². The van der Waals surface area contributed by atoms with Gasteiger partial charge in [0.2, 0.25) is 0 Å². The highest BCUT2D eigenvalue weighted by Gasteiger charge is 2.21. The molecule has 13 heteroatoms. The minimum Gasteiger partial charge on any atom is -0.463 e. The fourth-order valence-electron chi connectivity index (χ4n) is 3.42. The zero-order valence-corrected chi connectivity index (χ0v) is 23.1. The third-order valence-electron chi connectivity index (χ3n) is 4.80. The maximum atomic E-state index is 12.1. The third kappa shape index (κ3) is 10.3. The van der Waals surface area contributed by atoms with Crippen LogP contribution < -0.4 is 15.9 Å². The Morgan fingerprint density at radius 3 is 2.03 bits per heavy atom. The molecule has 0 aromatic carbocycles. The first-order valence-corrected chi connectivity index (χ1v) is 13.7. The lowest BCUT2D eigenvalue weighted by Gasteiger charge is -2.28.